The number of nitrogens with two attached hydrogens (primary N) is 1. The lowest BCUT2D eigenvalue weighted by molar-refractivity contribution is -0.123. The number of unbranched alkanes of at least 4 members (excludes halogenated alkanes) is 1. The second-order valence-electron chi connectivity index (χ2n) is 3.52. The molecule has 0 rings (SSSR count). The highest BCUT2D eigenvalue weighted by molar-refractivity contribution is 5.81. The fourth-order valence-electron chi connectivity index (χ4n) is 1.09. The average Bonchev–Trinajstić information content (AvgIpc) is 2.14. The van der Waals surface area contributed by atoms with E-state index in [2.05, 4.69) is 12.2 Å². The molecule has 0 heterocycles. The Morgan fingerprint density at radius 1 is 1.64 bits per heavy atom. The van der Waals surface area contributed by atoms with E-state index in [4.69, 9.17) is 11.0 Å². The Balaban J connectivity index is 3.77. The van der Waals surface area contributed by atoms with Crippen LogP contribution in [0.25, 0.3) is 0 Å². The molecule has 0 aromatic rings. The molecule has 0 bridgehead atoms. The van der Waals surface area contributed by atoms with Crippen LogP contribution in [-0.2, 0) is 4.79 Å². The molecule has 1 amide bonds. The number of carbonyl (C=O) groups excluding carboxylic acids is 1. The molecule has 80 valence electrons. The molecule has 0 aliphatic heterocycles. The molecular weight excluding hydrogens is 178 g/mol. The summed E-state index contributed by atoms with van der Waals surface area (Å²) < 4.78 is 0. The Morgan fingerprint density at radius 2 is 2.29 bits per heavy atom. The van der Waals surface area contributed by atoms with E-state index in [1.54, 1.807) is 6.92 Å². The first-order valence-electron chi connectivity index (χ1n) is 5.04. The largest absolute Gasteiger partial charge is 0.351 e. The van der Waals surface area contributed by atoms with Gasteiger partial charge in [-0.15, -0.1) is 0 Å². The highest BCUT2D eigenvalue weighted by atomic mass is 16.2. The van der Waals surface area contributed by atoms with Crippen LogP contribution in [0, 0.1) is 11.3 Å². The van der Waals surface area contributed by atoms with Gasteiger partial charge in [0, 0.05) is 6.04 Å². The van der Waals surface area contributed by atoms with Crippen molar-refractivity contribution in [3.8, 4) is 6.07 Å². The first kappa shape index (κ1) is 12.9. The van der Waals surface area contributed by atoms with Crippen LogP contribution in [0.3, 0.4) is 0 Å². The van der Waals surface area contributed by atoms with Crippen molar-refractivity contribution in [2.75, 3.05) is 0 Å². The number of carbonyl (C=O) groups is 1. The summed E-state index contributed by atoms with van der Waals surface area (Å²) in [6, 6.07) is 1.45. The monoisotopic (exact) mass is 197 g/mol. The zero-order chi connectivity index (χ0) is 11.0. The molecule has 0 aromatic carbocycles. The molecule has 2 atom stereocenters. The van der Waals surface area contributed by atoms with Gasteiger partial charge < -0.3 is 11.1 Å². The van der Waals surface area contributed by atoms with Crippen LogP contribution in [-0.4, -0.2) is 18.0 Å². The van der Waals surface area contributed by atoms with E-state index < -0.39 is 6.04 Å². The Labute approximate surface area is 85.5 Å². The van der Waals surface area contributed by atoms with Gasteiger partial charge in [0.15, 0.2) is 0 Å². The van der Waals surface area contributed by atoms with Crippen LogP contribution in [0.4, 0.5) is 0 Å². The lowest BCUT2D eigenvalue weighted by atomic mass is 10.1. The summed E-state index contributed by atoms with van der Waals surface area (Å²) in [5, 5.41) is 11.1. The standard InChI is InChI=1S/C10H19N3O/c1-3-4-5-9(12)10(14)13-8(2)6-7-11/h8-9H,3-6,12H2,1-2H3,(H,13,14)/t8?,9-/m0/s1. The van der Waals surface area contributed by atoms with Crippen molar-refractivity contribution in [3.05, 3.63) is 0 Å². The molecule has 0 saturated carbocycles. The van der Waals surface area contributed by atoms with Crippen LogP contribution < -0.4 is 11.1 Å². The van der Waals surface area contributed by atoms with Gasteiger partial charge >= 0.3 is 0 Å². The van der Waals surface area contributed by atoms with Gasteiger partial charge in [-0.05, 0) is 13.3 Å². The van der Waals surface area contributed by atoms with Gasteiger partial charge in [-0.2, -0.15) is 5.26 Å². The van der Waals surface area contributed by atoms with Crippen LogP contribution >= 0.6 is 0 Å². The van der Waals surface area contributed by atoms with E-state index in [-0.39, 0.29) is 11.9 Å². The molecule has 0 radical (unpaired) electrons. The van der Waals surface area contributed by atoms with Gasteiger partial charge in [0.2, 0.25) is 5.91 Å². The molecule has 4 nitrogen and oxygen atoms in total. The summed E-state index contributed by atoms with van der Waals surface area (Å²) >= 11 is 0. The fraction of sp³-hybridized carbons (Fsp3) is 0.800. The molecule has 3 N–H and O–H groups in total. The highest BCUT2D eigenvalue weighted by Gasteiger charge is 2.14. The SMILES string of the molecule is CCCC[C@H](N)C(=O)NC(C)CC#N. The number of rotatable bonds is 6. The first-order chi connectivity index (χ1) is 6.61. The number of nitriles is 1. The van der Waals surface area contributed by atoms with E-state index in [1.807, 2.05) is 6.07 Å². The van der Waals surface area contributed by atoms with Crippen LogP contribution in [0.5, 0.6) is 0 Å². The maximum Gasteiger partial charge on any atom is 0.237 e. The van der Waals surface area contributed by atoms with Crippen molar-refractivity contribution in [2.45, 2.75) is 51.6 Å². The number of nitrogens with zero attached hydrogens (tertiary/aromatic N) is 1. The zero-order valence-corrected chi connectivity index (χ0v) is 8.92. The summed E-state index contributed by atoms with van der Waals surface area (Å²) in [6.45, 7) is 3.86. The third-order valence-electron chi connectivity index (χ3n) is 1.99. The minimum atomic E-state index is -0.434. The van der Waals surface area contributed by atoms with Gasteiger partial charge in [-0.1, -0.05) is 19.8 Å². The van der Waals surface area contributed by atoms with E-state index in [0.29, 0.717) is 12.8 Å². The topological polar surface area (TPSA) is 78.9 Å². The van der Waals surface area contributed by atoms with Gasteiger partial charge in [-0.25, -0.2) is 0 Å². The number of nitrogens with one attached hydrogen (secondary N) is 1. The normalized spacial score (nSPS) is 14.1. The van der Waals surface area contributed by atoms with Crippen LogP contribution in [0.2, 0.25) is 0 Å². The Kier molecular flexibility index (Phi) is 6.77. The van der Waals surface area contributed by atoms with Gasteiger partial charge in [-0.3, -0.25) is 4.79 Å². The Morgan fingerprint density at radius 3 is 2.79 bits per heavy atom. The summed E-state index contributed by atoms with van der Waals surface area (Å²) in [4.78, 5) is 11.4. The predicted molar refractivity (Wildman–Crippen MR) is 55.3 cm³/mol. The van der Waals surface area contributed by atoms with Crippen molar-refractivity contribution in [1.29, 1.82) is 5.26 Å². The highest BCUT2D eigenvalue weighted by Crippen LogP contribution is 1.99. The van der Waals surface area contributed by atoms with Crippen molar-refractivity contribution in [1.82, 2.24) is 5.32 Å². The molecular formula is C10H19N3O. The molecule has 0 fully saturated rings. The lowest BCUT2D eigenvalue weighted by Crippen LogP contribution is -2.44. The summed E-state index contributed by atoms with van der Waals surface area (Å²) in [7, 11) is 0. The summed E-state index contributed by atoms with van der Waals surface area (Å²) in [5.74, 6) is -0.152. The quantitative estimate of drug-likeness (QED) is 0.664. The average molecular weight is 197 g/mol. The molecule has 0 spiro atoms. The molecule has 0 aromatic heterocycles. The second-order valence-corrected chi connectivity index (χ2v) is 3.52. The van der Waals surface area contributed by atoms with Crippen molar-refractivity contribution >= 4 is 5.91 Å². The van der Waals surface area contributed by atoms with Crippen molar-refractivity contribution in [3.63, 3.8) is 0 Å². The summed E-state index contributed by atoms with van der Waals surface area (Å²) in [6.07, 6.45) is 3.03. The molecule has 0 aliphatic rings. The number of hydrogen-bond donors (Lipinski definition) is 2. The molecule has 0 aliphatic carbocycles. The minimum Gasteiger partial charge on any atom is -0.351 e. The van der Waals surface area contributed by atoms with E-state index in [1.165, 1.54) is 0 Å². The van der Waals surface area contributed by atoms with Crippen molar-refractivity contribution < 1.29 is 4.79 Å². The molecule has 14 heavy (non-hydrogen) atoms. The van der Waals surface area contributed by atoms with Crippen LogP contribution in [0.15, 0.2) is 0 Å². The maximum atomic E-state index is 11.4. The van der Waals surface area contributed by atoms with E-state index in [9.17, 15) is 4.79 Å². The third kappa shape index (κ3) is 5.55. The number of amides is 1. The Hall–Kier alpha value is -1.08. The maximum absolute atomic E-state index is 11.4. The van der Waals surface area contributed by atoms with Crippen molar-refractivity contribution in [2.24, 2.45) is 5.73 Å². The zero-order valence-electron chi connectivity index (χ0n) is 8.92. The van der Waals surface area contributed by atoms with Gasteiger partial charge in [0.25, 0.3) is 0 Å². The lowest BCUT2D eigenvalue weighted by Gasteiger charge is -2.15. The molecule has 0 saturated heterocycles. The van der Waals surface area contributed by atoms with Gasteiger partial charge in [0.05, 0.1) is 18.5 Å². The smallest absolute Gasteiger partial charge is 0.237 e. The van der Waals surface area contributed by atoms with E-state index >= 15 is 0 Å². The Bertz CT molecular complexity index is 210. The molecule has 1 unspecified atom stereocenters. The first-order valence-corrected chi connectivity index (χ1v) is 5.04. The summed E-state index contributed by atoms with van der Waals surface area (Å²) in [5.41, 5.74) is 5.65. The second kappa shape index (κ2) is 7.34. The minimum absolute atomic E-state index is 0.111. The number of hydrogen-bond acceptors (Lipinski definition) is 3. The van der Waals surface area contributed by atoms with E-state index in [0.717, 1.165) is 12.8 Å². The molecule has 4 heteroatoms. The third-order valence-corrected chi connectivity index (χ3v) is 1.99. The predicted octanol–water partition coefficient (Wildman–Crippen LogP) is 0.922. The van der Waals surface area contributed by atoms with Crippen LogP contribution in [0.1, 0.15) is 39.5 Å². The van der Waals surface area contributed by atoms with Gasteiger partial charge in [0.1, 0.15) is 0 Å². The fourth-order valence-corrected chi connectivity index (χ4v) is 1.09.